The fourth-order valence-electron chi connectivity index (χ4n) is 2.22. The minimum absolute atomic E-state index is 0.102. The highest BCUT2D eigenvalue weighted by atomic mass is 32.2. The summed E-state index contributed by atoms with van der Waals surface area (Å²) in [5, 5.41) is 10.7. The molecule has 1 rings (SSSR count). The van der Waals surface area contributed by atoms with E-state index in [9.17, 15) is 13.2 Å². The zero-order valence-electron chi connectivity index (χ0n) is 12.2. The van der Waals surface area contributed by atoms with E-state index in [-0.39, 0.29) is 9.77 Å². The lowest BCUT2D eigenvalue weighted by molar-refractivity contribution is 0.0698. The number of carboxylic acids is 1. The van der Waals surface area contributed by atoms with Gasteiger partial charge < -0.3 is 5.11 Å². The third kappa shape index (κ3) is 3.21. The number of aryl methyl sites for hydroxylation is 1. The second kappa shape index (κ2) is 6.24. The predicted molar refractivity (Wildman–Crippen MR) is 79.9 cm³/mol. The molecule has 7 heteroatoms. The summed E-state index contributed by atoms with van der Waals surface area (Å²) < 4.78 is 27.8. The summed E-state index contributed by atoms with van der Waals surface area (Å²) in [5.41, 5.74) is -0.0553. The summed E-state index contributed by atoms with van der Waals surface area (Å²) in [6, 6.07) is 0. The van der Waals surface area contributed by atoms with E-state index < -0.39 is 21.5 Å². The van der Waals surface area contributed by atoms with E-state index in [4.69, 9.17) is 5.11 Å². The molecule has 1 aromatic heterocycles. The van der Waals surface area contributed by atoms with E-state index in [0.717, 1.165) is 11.3 Å². The quantitative estimate of drug-likeness (QED) is 0.809. The van der Waals surface area contributed by atoms with Crippen molar-refractivity contribution >= 4 is 27.3 Å². The van der Waals surface area contributed by atoms with Crippen molar-refractivity contribution in [2.24, 2.45) is 0 Å². The van der Waals surface area contributed by atoms with Gasteiger partial charge in [0.05, 0.1) is 0 Å². The van der Waals surface area contributed by atoms with Crippen LogP contribution in [0.4, 0.5) is 0 Å². The van der Waals surface area contributed by atoms with Crippen LogP contribution in [0.1, 0.15) is 55.3 Å². The lowest BCUT2D eigenvalue weighted by atomic mass is 9.91. The average Bonchev–Trinajstić information content (AvgIpc) is 2.79. The Labute approximate surface area is 124 Å². The van der Waals surface area contributed by atoms with Crippen LogP contribution in [-0.2, 0) is 10.0 Å². The highest BCUT2D eigenvalue weighted by Crippen LogP contribution is 2.30. The van der Waals surface area contributed by atoms with E-state index in [1.54, 1.807) is 12.3 Å². The van der Waals surface area contributed by atoms with Crippen LogP contribution in [0.3, 0.4) is 0 Å². The molecule has 0 saturated carbocycles. The van der Waals surface area contributed by atoms with Crippen molar-refractivity contribution in [3.8, 4) is 0 Å². The van der Waals surface area contributed by atoms with Gasteiger partial charge in [-0.1, -0.05) is 20.8 Å². The third-order valence-electron chi connectivity index (χ3n) is 3.76. The highest BCUT2D eigenvalue weighted by molar-refractivity contribution is 7.89. The average molecular weight is 319 g/mol. The van der Waals surface area contributed by atoms with Gasteiger partial charge in [0, 0.05) is 5.54 Å². The molecule has 2 N–H and O–H groups in total. The Bertz CT molecular complexity index is 577. The van der Waals surface area contributed by atoms with Gasteiger partial charge in [-0.05, 0) is 37.1 Å². The van der Waals surface area contributed by atoms with Crippen molar-refractivity contribution in [2.75, 3.05) is 0 Å². The number of thiophene rings is 1. The molecule has 114 valence electrons. The minimum atomic E-state index is -3.84. The second-order valence-electron chi connectivity index (χ2n) is 4.83. The maximum Gasteiger partial charge on any atom is 0.347 e. The largest absolute Gasteiger partial charge is 0.477 e. The van der Waals surface area contributed by atoms with Crippen molar-refractivity contribution in [2.45, 2.75) is 57.4 Å². The van der Waals surface area contributed by atoms with E-state index in [2.05, 4.69) is 4.72 Å². The Morgan fingerprint density at radius 2 is 1.80 bits per heavy atom. The van der Waals surface area contributed by atoms with Gasteiger partial charge in [0.1, 0.15) is 9.77 Å². The molecule has 5 nitrogen and oxygen atoms in total. The molecule has 0 aliphatic rings. The fraction of sp³-hybridized carbons (Fsp3) is 0.615. The summed E-state index contributed by atoms with van der Waals surface area (Å²) in [7, 11) is -3.84. The molecule has 0 amide bonds. The first kappa shape index (κ1) is 17.1. The number of sulfonamides is 1. The summed E-state index contributed by atoms with van der Waals surface area (Å²) in [6.45, 7) is 7.39. The van der Waals surface area contributed by atoms with Crippen molar-refractivity contribution in [3.05, 3.63) is 15.8 Å². The molecule has 0 unspecified atom stereocenters. The molecular formula is C13H21NO4S2. The summed E-state index contributed by atoms with van der Waals surface area (Å²) in [5.74, 6) is -1.21. The molecule has 0 atom stereocenters. The number of aromatic carboxylic acids is 1. The van der Waals surface area contributed by atoms with Crippen LogP contribution in [0.2, 0.25) is 0 Å². The Morgan fingerprint density at radius 3 is 2.20 bits per heavy atom. The van der Waals surface area contributed by atoms with Gasteiger partial charge >= 0.3 is 5.97 Å². The monoisotopic (exact) mass is 319 g/mol. The number of hydrogen-bond acceptors (Lipinski definition) is 4. The standard InChI is InChI=1S/C13H21NO4S2/c1-5-13(6-2,7-3)14-20(17,18)11-9(4)8-19-10(11)12(15)16/h8,14H,5-7H2,1-4H3,(H,15,16). The smallest absolute Gasteiger partial charge is 0.347 e. The Hall–Kier alpha value is -0.920. The molecule has 0 spiro atoms. The highest BCUT2D eigenvalue weighted by Gasteiger charge is 2.34. The zero-order valence-corrected chi connectivity index (χ0v) is 13.8. The van der Waals surface area contributed by atoms with Crippen LogP contribution in [0.15, 0.2) is 10.3 Å². The van der Waals surface area contributed by atoms with Crippen LogP contribution in [0.5, 0.6) is 0 Å². The van der Waals surface area contributed by atoms with Crippen molar-refractivity contribution in [3.63, 3.8) is 0 Å². The summed E-state index contributed by atoms with van der Waals surface area (Å²) in [4.78, 5) is 10.9. The molecule has 0 bridgehead atoms. The Balaban J connectivity index is 3.31. The lowest BCUT2D eigenvalue weighted by Gasteiger charge is -2.31. The summed E-state index contributed by atoms with van der Waals surface area (Å²) >= 11 is 0.941. The Morgan fingerprint density at radius 1 is 1.30 bits per heavy atom. The molecule has 0 saturated heterocycles. The third-order valence-corrected chi connectivity index (χ3v) is 6.74. The van der Waals surface area contributed by atoms with Crippen LogP contribution in [-0.4, -0.2) is 25.0 Å². The van der Waals surface area contributed by atoms with Gasteiger partial charge in [-0.3, -0.25) is 0 Å². The van der Waals surface area contributed by atoms with E-state index in [0.29, 0.717) is 24.8 Å². The van der Waals surface area contributed by atoms with E-state index in [1.165, 1.54) is 0 Å². The van der Waals surface area contributed by atoms with Gasteiger partial charge in [-0.2, -0.15) is 0 Å². The first-order valence-corrected chi connectivity index (χ1v) is 8.94. The molecule has 20 heavy (non-hydrogen) atoms. The van der Waals surface area contributed by atoms with Gasteiger partial charge in [0.15, 0.2) is 0 Å². The topological polar surface area (TPSA) is 83.5 Å². The Kier molecular flexibility index (Phi) is 5.34. The molecule has 1 aromatic rings. The fourth-order valence-corrected chi connectivity index (χ4v) is 5.47. The normalized spacial score (nSPS) is 12.6. The molecule has 0 aliphatic carbocycles. The minimum Gasteiger partial charge on any atom is -0.477 e. The first-order chi connectivity index (χ1) is 9.23. The molecule has 0 fully saturated rings. The van der Waals surface area contributed by atoms with Crippen molar-refractivity contribution < 1.29 is 18.3 Å². The number of rotatable bonds is 7. The van der Waals surface area contributed by atoms with Crippen LogP contribution < -0.4 is 4.72 Å². The SMILES string of the molecule is CCC(CC)(CC)NS(=O)(=O)c1c(C)csc1C(=O)O. The number of nitrogens with one attached hydrogen (secondary N) is 1. The van der Waals surface area contributed by atoms with Gasteiger partial charge in [0.2, 0.25) is 10.0 Å². The first-order valence-electron chi connectivity index (χ1n) is 6.58. The molecule has 0 aliphatic heterocycles. The van der Waals surface area contributed by atoms with E-state index in [1.807, 2.05) is 20.8 Å². The van der Waals surface area contributed by atoms with Gasteiger partial charge in [-0.25, -0.2) is 17.9 Å². The molecule has 0 aromatic carbocycles. The maximum atomic E-state index is 12.6. The number of carbonyl (C=O) groups is 1. The molecule has 0 radical (unpaired) electrons. The van der Waals surface area contributed by atoms with E-state index >= 15 is 0 Å². The van der Waals surface area contributed by atoms with Crippen LogP contribution >= 0.6 is 11.3 Å². The number of hydrogen-bond donors (Lipinski definition) is 2. The zero-order chi connectivity index (χ0) is 15.6. The van der Waals surface area contributed by atoms with Gasteiger partial charge in [-0.15, -0.1) is 11.3 Å². The predicted octanol–water partition coefficient (Wildman–Crippen LogP) is 3.00. The second-order valence-corrected chi connectivity index (χ2v) is 7.33. The van der Waals surface area contributed by atoms with Crippen molar-refractivity contribution in [1.82, 2.24) is 4.72 Å². The van der Waals surface area contributed by atoms with Crippen LogP contribution in [0.25, 0.3) is 0 Å². The van der Waals surface area contributed by atoms with Crippen LogP contribution in [0, 0.1) is 6.92 Å². The molecular weight excluding hydrogens is 298 g/mol. The van der Waals surface area contributed by atoms with Gasteiger partial charge in [0.25, 0.3) is 0 Å². The molecule has 1 heterocycles. The van der Waals surface area contributed by atoms with Crippen molar-refractivity contribution in [1.29, 1.82) is 0 Å². The maximum absolute atomic E-state index is 12.6. The number of carboxylic acid groups (broad SMARTS) is 1. The lowest BCUT2D eigenvalue weighted by Crippen LogP contribution is -2.47. The summed E-state index contributed by atoms with van der Waals surface area (Å²) in [6.07, 6.45) is 1.97.